The zero-order valence-electron chi connectivity index (χ0n) is 17.7. The number of likely N-dealkylation sites (tertiary alicyclic amines) is 1. The third kappa shape index (κ3) is 4.55. The van der Waals surface area contributed by atoms with Crippen molar-refractivity contribution >= 4 is 5.91 Å². The summed E-state index contributed by atoms with van der Waals surface area (Å²) in [6.45, 7) is 0.537. The van der Waals surface area contributed by atoms with Crippen LogP contribution >= 0.6 is 0 Å². The number of hydrogen-bond acceptors (Lipinski definition) is 5. The molecule has 0 spiro atoms. The SMILES string of the molecule is O=C(c1cc(-c2cccc(F)c2)no1)N1CCCC[C@H]1c1ncc(Cc2ccc(F)cc2)o1. The van der Waals surface area contributed by atoms with Crippen LogP contribution in [0.1, 0.15) is 53.1 Å². The molecule has 0 saturated carbocycles. The van der Waals surface area contributed by atoms with Crippen LogP contribution in [0.2, 0.25) is 0 Å². The van der Waals surface area contributed by atoms with Crippen molar-refractivity contribution < 1.29 is 22.5 Å². The number of amides is 1. The van der Waals surface area contributed by atoms with Crippen LogP contribution in [-0.2, 0) is 6.42 Å². The number of nitrogens with zero attached hydrogens (tertiary/aromatic N) is 3. The summed E-state index contributed by atoms with van der Waals surface area (Å²) < 4.78 is 38.0. The predicted molar refractivity (Wildman–Crippen MR) is 115 cm³/mol. The fourth-order valence-corrected chi connectivity index (χ4v) is 4.09. The summed E-state index contributed by atoms with van der Waals surface area (Å²) in [5.74, 6) is 0.196. The van der Waals surface area contributed by atoms with Crippen molar-refractivity contribution in [1.82, 2.24) is 15.0 Å². The molecule has 5 rings (SSSR count). The fraction of sp³-hybridized carbons (Fsp3) is 0.240. The molecule has 1 saturated heterocycles. The minimum atomic E-state index is -0.389. The van der Waals surface area contributed by atoms with Crippen LogP contribution in [0.4, 0.5) is 8.78 Å². The molecule has 2 aromatic carbocycles. The number of aromatic nitrogens is 2. The molecule has 4 aromatic rings. The van der Waals surface area contributed by atoms with E-state index in [2.05, 4.69) is 10.1 Å². The lowest BCUT2D eigenvalue weighted by Gasteiger charge is -2.32. The Kier molecular flexibility index (Phi) is 5.73. The van der Waals surface area contributed by atoms with Crippen molar-refractivity contribution in [3.63, 3.8) is 0 Å². The van der Waals surface area contributed by atoms with Gasteiger partial charge in [0.25, 0.3) is 5.91 Å². The maximum absolute atomic E-state index is 13.5. The lowest BCUT2D eigenvalue weighted by atomic mass is 10.0. The van der Waals surface area contributed by atoms with Crippen LogP contribution in [0.25, 0.3) is 11.3 Å². The molecule has 0 bridgehead atoms. The lowest BCUT2D eigenvalue weighted by Crippen LogP contribution is -2.38. The van der Waals surface area contributed by atoms with Gasteiger partial charge in [0.15, 0.2) is 0 Å². The summed E-state index contributed by atoms with van der Waals surface area (Å²) in [7, 11) is 0. The Balaban J connectivity index is 1.34. The van der Waals surface area contributed by atoms with Gasteiger partial charge in [-0.1, -0.05) is 29.4 Å². The molecule has 0 aliphatic carbocycles. The van der Waals surface area contributed by atoms with Crippen molar-refractivity contribution in [3.05, 3.63) is 95.4 Å². The Bertz CT molecular complexity index is 1270. The lowest BCUT2D eigenvalue weighted by molar-refractivity contribution is 0.0528. The van der Waals surface area contributed by atoms with Gasteiger partial charge in [0, 0.05) is 24.6 Å². The van der Waals surface area contributed by atoms with Crippen molar-refractivity contribution in [3.8, 4) is 11.3 Å². The minimum absolute atomic E-state index is 0.0826. The first kappa shape index (κ1) is 21.1. The third-order valence-electron chi connectivity index (χ3n) is 5.75. The highest BCUT2D eigenvalue weighted by Crippen LogP contribution is 2.33. The molecular formula is C25H21F2N3O3. The Morgan fingerprint density at radius 3 is 2.73 bits per heavy atom. The number of carbonyl (C=O) groups is 1. The summed E-state index contributed by atoms with van der Waals surface area (Å²) in [5.41, 5.74) is 1.83. The molecule has 3 heterocycles. The highest BCUT2D eigenvalue weighted by atomic mass is 19.1. The monoisotopic (exact) mass is 449 g/mol. The van der Waals surface area contributed by atoms with Gasteiger partial charge in [-0.25, -0.2) is 13.8 Å². The largest absolute Gasteiger partial charge is 0.443 e. The van der Waals surface area contributed by atoms with E-state index in [0.29, 0.717) is 42.3 Å². The van der Waals surface area contributed by atoms with Gasteiger partial charge in [-0.2, -0.15) is 0 Å². The van der Waals surface area contributed by atoms with Gasteiger partial charge in [-0.3, -0.25) is 4.79 Å². The summed E-state index contributed by atoms with van der Waals surface area (Å²) in [5, 5.41) is 3.94. The number of rotatable bonds is 5. The van der Waals surface area contributed by atoms with Crippen molar-refractivity contribution in [2.75, 3.05) is 6.54 Å². The molecule has 1 aliphatic rings. The highest BCUT2D eigenvalue weighted by Gasteiger charge is 2.33. The van der Waals surface area contributed by atoms with Crippen LogP contribution in [0.3, 0.4) is 0 Å². The van der Waals surface area contributed by atoms with Crippen molar-refractivity contribution in [2.45, 2.75) is 31.7 Å². The van der Waals surface area contributed by atoms with Gasteiger partial charge in [-0.15, -0.1) is 0 Å². The van der Waals surface area contributed by atoms with Crippen LogP contribution in [0, 0.1) is 11.6 Å². The fourth-order valence-electron chi connectivity index (χ4n) is 4.09. The third-order valence-corrected chi connectivity index (χ3v) is 5.75. The molecule has 0 N–H and O–H groups in total. The summed E-state index contributed by atoms with van der Waals surface area (Å²) in [4.78, 5) is 19.3. The number of benzene rings is 2. The number of carbonyl (C=O) groups excluding carboxylic acids is 1. The van der Waals surface area contributed by atoms with E-state index >= 15 is 0 Å². The maximum atomic E-state index is 13.5. The second kappa shape index (κ2) is 8.97. The second-order valence-corrected chi connectivity index (χ2v) is 8.06. The van der Waals surface area contributed by atoms with E-state index in [9.17, 15) is 13.6 Å². The van der Waals surface area contributed by atoms with Crippen LogP contribution in [0.15, 0.2) is 69.7 Å². The molecule has 2 aromatic heterocycles. The zero-order valence-corrected chi connectivity index (χ0v) is 17.7. The Labute approximate surface area is 188 Å². The van der Waals surface area contributed by atoms with E-state index in [-0.39, 0.29) is 29.3 Å². The van der Waals surface area contributed by atoms with Gasteiger partial charge < -0.3 is 13.8 Å². The molecule has 8 heteroatoms. The molecule has 1 aliphatic heterocycles. The van der Waals surface area contributed by atoms with E-state index in [4.69, 9.17) is 8.94 Å². The van der Waals surface area contributed by atoms with Gasteiger partial charge in [0.2, 0.25) is 11.7 Å². The second-order valence-electron chi connectivity index (χ2n) is 8.06. The van der Waals surface area contributed by atoms with Gasteiger partial charge >= 0.3 is 0 Å². The summed E-state index contributed by atoms with van der Waals surface area (Å²) in [6, 6.07) is 13.4. The molecule has 0 radical (unpaired) electrons. The van der Waals surface area contributed by atoms with E-state index < -0.39 is 0 Å². The van der Waals surface area contributed by atoms with Crippen molar-refractivity contribution in [2.24, 2.45) is 0 Å². The Morgan fingerprint density at radius 2 is 1.91 bits per heavy atom. The smallest absolute Gasteiger partial charge is 0.293 e. The maximum Gasteiger partial charge on any atom is 0.293 e. The van der Waals surface area contributed by atoms with Crippen LogP contribution in [0.5, 0.6) is 0 Å². The topological polar surface area (TPSA) is 72.4 Å². The molecule has 1 atom stereocenters. The van der Waals surface area contributed by atoms with Crippen LogP contribution in [-0.4, -0.2) is 27.5 Å². The quantitative estimate of drug-likeness (QED) is 0.399. The number of piperidine rings is 1. The first-order valence-electron chi connectivity index (χ1n) is 10.8. The molecule has 6 nitrogen and oxygen atoms in total. The normalized spacial score (nSPS) is 16.2. The van der Waals surface area contributed by atoms with Gasteiger partial charge in [0.1, 0.15) is 29.1 Å². The van der Waals surface area contributed by atoms with E-state index in [1.165, 1.54) is 30.3 Å². The Morgan fingerprint density at radius 1 is 1.06 bits per heavy atom. The standard InChI is InChI=1S/C25H21F2N3O3/c26-18-9-7-16(8-10-18)12-20-15-28-24(32-20)22-6-1-2-11-30(22)25(31)23-14-21(29-33-23)17-4-3-5-19(27)13-17/h3-5,7-10,13-15,22H,1-2,6,11-12H2/t22-/m0/s1. The molecule has 0 unspecified atom stereocenters. The van der Waals surface area contributed by atoms with Gasteiger partial charge in [-0.05, 0) is 49.1 Å². The predicted octanol–water partition coefficient (Wildman–Crippen LogP) is 5.57. The molecular weight excluding hydrogens is 428 g/mol. The van der Waals surface area contributed by atoms with Gasteiger partial charge in [0.05, 0.1) is 6.20 Å². The number of halogens is 2. The summed E-state index contributed by atoms with van der Waals surface area (Å²) >= 11 is 0. The molecule has 1 amide bonds. The number of oxazole rings is 1. The Hall–Kier alpha value is -3.81. The van der Waals surface area contributed by atoms with Crippen molar-refractivity contribution in [1.29, 1.82) is 0 Å². The highest BCUT2D eigenvalue weighted by molar-refractivity contribution is 5.92. The molecule has 33 heavy (non-hydrogen) atoms. The number of hydrogen-bond donors (Lipinski definition) is 0. The first-order chi connectivity index (χ1) is 16.1. The minimum Gasteiger partial charge on any atom is -0.443 e. The zero-order chi connectivity index (χ0) is 22.8. The van der Waals surface area contributed by atoms with E-state index in [1.807, 2.05) is 0 Å². The first-order valence-corrected chi connectivity index (χ1v) is 10.8. The molecule has 1 fully saturated rings. The summed E-state index contributed by atoms with van der Waals surface area (Å²) in [6.07, 6.45) is 4.64. The average Bonchev–Trinajstić information content (AvgIpc) is 3.50. The van der Waals surface area contributed by atoms with E-state index in [0.717, 1.165) is 18.4 Å². The van der Waals surface area contributed by atoms with E-state index in [1.54, 1.807) is 35.4 Å². The van der Waals surface area contributed by atoms with Crippen LogP contribution < -0.4 is 0 Å². The molecule has 168 valence electrons. The average molecular weight is 449 g/mol.